The minimum absolute atomic E-state index is 0.0168. The Bertz CT molecular complexity index is 981. The topological polar surface area (TPSA) is 72.5 Å². The number of unbranched alkanes of at least 4 members (excludes halogenated alkanes) is 18. The highest BCUT2D eigenvalue weighted by Gasteiger charge is 2.29. The van der Waals surface area contributed by atoms with Crippen LogP contribution in [-0.4, -0.2) is 75.1 Å². The van der Waals surface area contributed by atoms with E-state index in [0.29, 0.717) is 29.6 Å². The van der Waals surface area contributed by atoms with Gasteiger partial charge in [0, 0.05) is 39.1 Å². The molecule has 9 heteroatoms. The van der Waals surface area contributed by atoms with Crippen molar-refractivity contribution < 1.29 is 32.6 Å². The lowest BCUT2D eigenvalue weighted by Gasteiger charge is -2.31. The van der Waals surface area contributed by atoms with Crippen molar-refractivity contribution >= 4 is 22.6 Å². The molecule has 0 spiro atoms. The predicted octanol–water partition coefficient (Wildman–Crippen LogP) is 16.8. The Kier molecular flexibility index (Phi) is 40.6. The van der Waals surface area contributed by atoms with E-state index in [2.05, 4.69) is 87.8 Å². The van der Waals surface area contributed by atoms with E-state index < -0.39 is 16.6 Å². The maximum atomic E-state index is 11.2. The highest BCUT2D eigenvalue weighted by Crippen LogP contribution is 2.25. The fraction of sp³-hybridized carbons (Fsp3) is 0.943. The molecular weight excluding hydrogens is 805 g/mol. The number of hydrogen-bond donors (Lipinski definition) is 0. The number of methoxy groups -OCH3 is 1. The lowest BCUT2D eigenvalue weighted by molar-refractivity contribution is -0.210. The minimum atomic E-state index is -1.59. The van der Waals surface area contributed by atoms with Crippen LogP contribution in [-0.2, 0) is 32.6 Å². The normalized spacial score (nSPS) is 13.0. The van der Waals surface area contributed by atoms with Gasteiger partial charge in [-0.2, -0.15) is 0 Å². The summed E-state index contributed by atoms with van der Waals surface area (Å²) < 4.78 is 35.9. The van der Waals surface area contributed by atoms with E-state index in [1.807, 2.05) is 0 Å². The second-order valence-electron chi connectivity index (χ2n) is 22.3. The summed E-state index contributed by atoms with van der Waals surface area (Å²) in [6, 6.07) is 1.03. The molecule has 372 valence electrons. The first-order valence-corrected chi connectivity index (χ1v) is 32.5. The Morgan fingerprint density at radius 2 is 0.952 bits per heavy atom. The molecule has 0 N–H and O–H groups in total. The Morgan fingerprint density at radius 1 is 0.532 bits per heavy atom. The summed E-state index contributed by atoms with van der Waals surface area (Å²) in [4.78, 5) is 11.2. The van der Waals surface area contributed by atoms with Gasteiger partial charge in [0.15, 0.2) is 22.9 Å². The first kappa shape index (κ1) is 63.5. The van der Waals surface area contributed by atoms with E-state index in [9.17, 15) is 4.79 Å². The summed E-state index contributed by atoms with van der Waals surface area (Å²) in [6.07, 6.45) is 32.8. The number of hydrogen-bond acceptors (Lipinski definition) is 7. The van der Waals surface area contributed by atoms with Gasteiger partial charge in [0.25, 0.3) is 0 Å². The van der Waals surface area contributed by atoms with Gasteiger partial charge in [0.2, 0.25) is 0 Å². The first-order valence-electron chi connectivity index (χ1n) is 26.0. The molecule has 0 aromatic carbocycles. The molecule has 0 fully saturated rings. The summed E-state index contributed by atoms with van der Waals surface area (Å²) in [6.45, 7) is 36.2. The van der Waals surface area contributed by atoms with E-state index in [1.54, 1.807) is 14.0 Å². The van der Waals surface area contributed by atoms with Crippen molar-refractivity contribution in [3.05, 3.63) is 12.2 Å². The summed E-state index contributed by atoms with van der Waals surface area (Å²) in [5.41, 5.74) is 1.41. The monoisotopic (exact) mass is 915 g/mol. The quantitative estimate of drug-likeness (QED) is 0.0199. The summed E-state index contributed by atoms with van der Waals surface area (Å²) >= 11 is 0. The molecule has 0 saturated carbocycles. The van der Waals surface area contributed by atoms with Crippen LogP contribution in [0.1, 0.15) is 222 Å². The van der Waals surface area contributed by atoms with Crippen LogP contribution in [0.2, 0.25) is 38.8 Å². The molecule has 0 aliphatic rings. The van der Waals surface area contributed by atoms with E-state index in [-0.39, 0.29) is 18.4 Å². The van der Waals surface area contributed by atoms with Crippen molar-refractivity contribution in [1.82, 2.24) is 0 Å². The fourth-order valence-electron chi connectivity index (χ4n) is 7.65. The molecule has 0 radical (unpaired) electrons. The molecule has 0 saturated heterocycles. The van der Waals surface area contributed by atoms with E-state index in [1.165, 1.54) is 135 Å². The minimum Gasteiger partial charge on any atom is -0.462 e. The fourth-order valence-corrected chi connectivity index (χ4v) is 15.7. The average Bonchev–Trinajstić information content (AvgIpc) is 3.16. The predicted molar refractivity (Wildman–Crippen MR) is 274 cm³/mol. The van der Waals surface area contributed by atoms with Crippen LogP contribution in [0.25, 0.3) is 0 Å². The molecule has 0 aromatic heterocycles. The van der Waals surface area contributed by atoms with Gasteiger partial charge >= 0.3 is 5.97 Å². The third-order valence-electron chi connectivity index (χ3n) is 11.0. The van der Waals surface area contributed by atoms with E-state index in [0.717, 1.165) is 58.0 Å². The van der Waals surface area contributed by atoms with Gasteiger partial charge < -0.3 is 27.8 Å². The maximum Gasteiger partial charge on any atom is 0.333 e. The number of carbonyl (C=O) groups excluding carboxylic acids is 1. The Balaban J connectivity index is 0. The van der Waals surface area contributed by atoms with Crippen molar-refractivity contribution in [2.75, 3.05) is 40.1 Å². The SMILES string of the molecule is C=C(C)C(=O)OCCC[Si](C)(C)O[Si](C)(C)C.CCCCCCCCCC(OCCCOC)C(OCCCCCCCCCC(C)(C)C)OCCCCCCCCCC(C)(C)C. The Labute approximate surface area is 390 Å². The molecule has 62 heavy (non-hydrogen) atoms. The third kappa shape index (κ3) is 48.9. The van der Waals surface area contributed by atoms with Gasteiger partial charge in [-0.15, -0.1) is 0 Å². The lowest BCUT2D eigenvalue weighted by Crippen LogP contribution is -2.42. The number of ether oxygens (including phenoxy) is 5. The van der Waals surface area contributed by atoms with Crippen molar-refractivity contribution in [2.24, 2.45) is 10.8 Å². The zero-order chi connectivity index (χ0) is 47.2. The summed E-state index contributed by atoms with van der Waals surface area (Å²) in [5.74, 6) is -0.296. The van der Waals surface area contributed by atoms with Crippen LogP contribution in [0, 0.1) is 10.8 Å². The van der Waals surface area contributed by atoms with Gasteiger partial charge in [-0.05, 0) is 101 Å². The Morgan fingerprint density at radius 3 is 1.37 bits per heavy atom. The van der Waals surface area contributed by atoms with Crippen molar-refractivity contribution in [2.45, 2.75) is 274 Å². The van der Waals surface area contributed by atoms with Crippen LogP contribution < -0.4 is 0 Å². The second-order valence-corrected chi connectivity index (χ2v) is 31.4. The third-order valence-corrected chi connectivity index (χ3v) is 17.2. The van der Waals surface area contributed by atoms with Gasteiger partial charge in [0.05, 0.1) is 6.61 Å². The van der Waals surface area contributed by atoms with E-state index in [4.69, 9.17) is 27.8 Å². The molecule has 0 aliphatic heterocycles. The lowest BCUT2D eigenvalue weighted by atomic mass is 9.89. The molecule has 0 amide bonds. The summed E-state index contributed by atoms with van der Waals surface area (Å²) in [5, 5.41) is 0. The second kappa shape index (κ2) is 39.6. The van der Waals surface area contributed by atoms with Crippen LogP contribution in [0.15, 0.2) is 12.2 Å². The van der Waals surface area contributed by atoms with Gasteiger partial charge in [-0.25, -0.2) is 4.79 Å². The van der Waals surface area contributed by atoms with Crippen LogP contribution >= 0.6 is 0 Å². The standard InChI is InChI=1S/C41H84O4.C12H26O3Si2/c1-9-10-11-12-15-20-25-31-38(43-37-30-34-42-8)39(44-35-28-23-18-13-16-21-26-32-40(2,3)4)45-36-29-24-19-14-17-22-27-33-41(5,6)7;1-11(2)12(13)14-9-8-10-17(6,7)15-16(3,4)5/h38-39H,9-37H2,1-8H3;1,8-10H2,2-7H3. The molecule has 0 rings (SSSR count). The molecular formula is C53H110O7Si2. The van der Waals surface area contributed by atoms with Crippen molar-refractivity contribution in [3.8, 4) is 0 Å². The van der Waals surface area contributed by atoms with Crippen LogP contribution in [0.3, 0.4) is 0 Å². The van der Waals surface area contributed by atoms with E-state index >= 15 is 0 Å². The Hall–Kier alpha value is -0.556. The van der Waals surface area contributed by atoms with Gasteiger partial charge in [0.1, 0.15) is 6.10 Å². The smallest absolute Gasteiger partial charge is 0.333 e. The van der Waals surface area contributed by atoms with Crippen molar-refractivity contribution in [3.63, 3.8) is 0 Å². The zero-order valence-corrected chi connectivity index (χ0v) is 46.3. The largest absolute Gasteiger partial charge is 0.462 e. The molecule has 7 nitrogen and oxygen atoms in total. The molecule has 0 heterocycles. The number of rotatable bonds is 41. The number of carbonyl (C=O) groups is 1. The van der Waals surface area contributed by atoms with Gasteiger partial charge in [-0.3, -0.25) is 0 Å². The highest BCUT2D eigenvalue weighted by atomic mass is 28.4. The maximum absolute atomic E-state index is 11.2. The first-order chi connectivity index (χ1) is 29.1. The molecule has 0 aliphatic carbocycles. The summed E-state index contributed by atoms with van der Waals surface area (Å²) in [7, 11) is -1.28. The van der Waals surface area contributed by atoms with Crippen LogP contribution in [0.5, 0.6) is 0 Å². The number of esters is 1. The van der Waals surface area contributed by atoms with Gasteiger partial charge in [-0.1, -0.05) is 177 Å². The molecule has 0 aromatic rings. The van der Waals surface area contributed by atoms with Crippen molar-refractivity contribution in [1.29, 1.82) is 0 Å². The molecule has 0 bridgehead atoms. The molecule has 1 atom stereocenters. The van der Waals surface area contributed by atoms with Crippen LogP contribution in [0.4, 0.5) is 0 Å². The average molecular weight is 916 g/mol. The molecule has 1 unspecified atom stereocenters. The zero-order valence-electron chi connectivity index (χ0n) is 44.3. The highest BCUT2D eigenvalue weighted by molar-refractivity contribution is 6.84.